The van der Waals surface area contributed by atoms with Gasteiger partial charge in [-0.15, -0.1) is 6.42 Å². The molecule has 1 aliphatic rings. The Balaban J connectivity index is 2.47. The molecule has 1 aliphatic heterocycles. The predicted molar refractivity (Wildman–Crippen MR) is 84.1 cm³/mol. The summed E-state index contributed by atoms with van der Waals surface area (Å²) in [7, 11) is 0. The Morgan fingerprint density at radius 3 is 2.95 bits per heavy atom. The molecular formula is C16H19N3O3. The summed E-state index contributed by atoms with van der Waals surface area (Å²) in [5.74, 6) is 3.71. The fourth-order valence-electron chi connectivity index (χ4n) is 2.42. The zero-order valence-corrected chi connectivity index (χ0v) is 12.9. The van der Waals surface area contributed by atoms with Crippen molar-refractivity contribution in [2.24, 2.45) is 10.8 Å². The number of fused-ring (bicyclic) bond motifs is 1. The first-order chi connectivity index (χ1) is 10.3. The van der Waals surface area contributed by atoms with Crippen molar-refractivity contribution in [2.45, 2.75) is 32.8 Å². The number of rotatable bonds is 3. The maximum absolute atomic E-state index is 10.9. The lowest BCUT2D eigenvalue weighted by molar-refractivity contribution is 0.110. The van der Waals surface area contributed by atoms with Crippen LogP contribution in [0.2, 0.25) is 0 Å². The van der Waals surface area contributed by atoms with Gasteiger partial charge in [0.15, 0.2) is 0 Å². The topological polar surface area (TPSA) is 85.9 Å². The Bertz CT molecular complexity index is 672. The molecule has 3 N–H and O–H groups in total. The van der Waals surface area contributed by atoms with Crippen LogP contribution in [0, 0.1) is 19.3 Å². The predicted octanol–water partition coefficient (Wildman–Crippen LogP) is 1.94. The number of hydrogen-bond acceptors (Lipinski definition) is 4. The third-order valence-electron chi connectivity index (χ3n) is 3.16. The second-order valence-corrected chi connectivity index (χ2v) is 5.68. The van der Waals surface area contributed by atoms with Gasteiger partial charge in [0, 0.05) is 18.1 Å². The van der Waals surface area contributed by atoms with E-state index in [1.54, 1.807) is 6.07 Å². The molecule has 1 heterocycles. The van der Waals surface area contributed by atoms with E-state index in [2.05, 4.69) is 16.4 Å². The highest BCUT2D eigenvalue weighted by atomic mass is 16.5. The standard InChI is InChI=1S/C16H19N3O3/c1-5-6-21-11-7-10(2)14-12(18-19-15(17)20)9-16(3,4)22-13(14)8-11/h1,7-8H,6,9H2,2-4H3,(H3,17,19,20)/b18-12+. The van der Waals surface area contributed by atoms with Crippen LogP contribution < -0.4 is 20.6 Å². The quantitative estimate of drug-likeness (QED) is 0.661. The molecule has 0 bridgehead atoms. The Morgan fingerprint density at radius 1 is 1.59 bits per heavy atom. The van der Waals surface area contributed by atoms with E-state index in [1.807, 2.05) is 26.8 Å². The van der Waals surface area contributed by atoms with Gasteiger partial charge in [-0.2, -0.15) is 5.10 Å². The Morgan fingerprint density at radius 2 is 2.32 bits per heavy atom. The molecule has 0 atom stereocenters. The molecule has 0 aromatic heterocycles. The van der Waals surface area contributed by atoms with Crippen molar-refractivity contribution < 1.29 is 14.3 Å². The van der Waals surface area contributed by atoms with E-state index in [-0.39, 0.29) is 6.61 Å². The van der Waals surface area contributed by atoms with Crippen molar-refractivity contribution in [1.29, 1.82) is 0 Å². The number of hydrazone groups is 1. The molecular weight excluding hydrogens is 282 g/mol. The first kappa shape index (κ1) is 15.7. The Hall–Kier alpha value is -2.68. The van der Waals surface area contributed by atoms with Gasteiger partial charge in [-0.1, -0.05) is 5.92 Å². The van der Waals surface area contributed by atoms with Gasteiger partial charge in [0.25, 0.3) is 0 Å². The van der Waals surface area contributed by atoms with Crippen LogP contribution in [0.5, 0.6) is 11.5 Å². The minimum Gasteiger partial charge on any atom is -0.487 e. The molecule has 0 unspecified atom stereocenters. The van der Waals surface area contributed by atoms with Crippen LogP contribution in [0.3, 0.4) is 0 Å². The van der Waals surface area contributed by atoms with Crippen molar-refractivity contribution in [3.05, 3.63) is 23.3 Å². The number of carbonyl (C=O) groups excluding carboxylic acids is 1. The molecule has 0 radical (unpaired) electrons. The van der Waals surface area contributed by atoms with Crippen molar-refractivity contribution in [3.63, 3.8) is 0 Å². The van der Waals surface area contributed by atoms with Gasteiger partial charge in [-0.25, -0.2) is 10.2 Å². The lowest BCUT2D eigenvalue weighted by Gasteiger charge is -2.34. The largest absolute Gasteiger partial charge is 0.487 e. The third kappa shape index (κ3) is 3.50. The summed E-state index contributed by atoms with van der Waals surface area (Å²) < 4.78 is 11.5. The SMILES string of the molecule is C#CCOc1cc(C)c2c(c1)OC(C)(C)C/C2=N\NC(N)=O. The van der Waals surface area contributed by atoms with Crippen molar-refractivity contribution in [2.75, 3.05) is 6.61 Å². The van der Waals surface area contributed by atoms with E-state index < -0.39 is 11.6 Å². The average Bonchev–Trinajstić information content (AvgIpc) is 2.40. The van der Waals surface area contributed by atoms with Crippen LogP contribution >= 0.6 is 0 Å². The highest BCUT2D eigenvalue weighted by Crippen LogP contribution is 2.38. The van der Waals surface area contributed by atoms with Crippen LogP contribution in [-0.4, -0.2) is 24.0 Å². The average molecular weight is 301 g/mol. The minimum absolute atomic E-state index is 0.186. The highest BCUT2D eigenvalue weighted by Gasteiger charge is 2.33. The maximum atomic E-state index is 10.9. The summed E-state index contributed by atoms with van der Waals surface area (Å²) in [5, 5.41) is 4.11. The first-order valence-corrected chi connectivity index (χ1v) is 6.85. The number of nitrogens with one attached hydrogen (secondary N) is 1. The highest BCUT2D eigenvalue weighted by molar-refractivity contribution is 6.06. The molecule has 1 aromatic carbocycles. The van der Waals surface area contributed by atoms with E-state index in [0.29, 0.717) is 23.6 Å². The van der Waals surface area contributed by atoms with E-state index in [9.17, 15) is 4.79 Å². The fourth-order valence-corrected chi connectivity index (χ4v) is 2.42. The summed E-state index contributed by atoms with van der Waals surface area (Å²) in [6, 6.07) is 2.93. The number of terminal acetylenes is 1. The van der Waals surface area contributed by atoms with Crippen molar-refractivity contribution >= 4 is 11.7 Å². The molecule has 2 rings (SSSR count). The fraction of sp³-hybridized carbons (Fsp3) is 0.375. The number of urea groups is 1. The lowest BCUT2D eigenvalue weighted by atomic mass is 9.90. The molecule has 6 nitrogen and oxygen atoms in total. The van der Waals surface area contributed by atoms with Gasteiger partial charge in [-0.05, 0) is 32.4 Å². The molecule has 0 saturated carbocycles. The molecule has 2 amide bonds. The minimum atomic E-state index is -0.704. The van der Waals surface area contributed by atoms with Gasteiger partial charge >= 0.3 is 6.03 Å². The molecule has 0 spiro atoms. The molecule has 0 saturated heterocycles. The normalized spacial score (nSPS) is 17.1. The maximum Gasteiger partial charge on any atom is 0.332 e. The summed E-state index contributed by atoms with van der Waals surface area (Å²) >= 11 is 0. The van der Waals surface area contributed by atoms with Crippen LogP contribution in [-0.2, 0) is 0 Å². The number of nitrogens with zero attached hydrogens (tertiary/aromatic N) is 1. The van der Waals surface area contributed by atoms with Crippen LogP contribution in [0.25, 0.3) is 0 Å². The summed E-state index contributed by atoms with van der Waals surface area (Å²) in [6.07, 6.45) is 5.76. The molecule has 22 heavy (non-hydrogen) atoms. The Kier molecular flexibility index (Phi) is 4.27. The smallest absolute Gasteiger partial charge is 0.332 e. The second kappa shape index (κ2) is 5.98. The summed E-state index contributed by atoms with van der Waals surface area (Å²) in [5.41, 5.74) is 9.38. The number of nitrogens with two attached hydrogens (primary N) is 1. The number of benzene rings is 1. The van der Waals surface area contributed by atoms with Crippen LogP contribution in [0.4, 0.5) is 4.79 Å². The number of primary amides is 1. The van der Waals surface area contributed by atoms with Crippen LogP contribution in [0.15, 0.2) is 17.2 Å². The zero-order chi connectivity index (χ0) is 16.3. The summed E-state index contributed by atoms with van der Waals surface area (Å²) in [6.45, 7) is 5.99. The third-order valence-corrected chi connectivity index (χ3v) is 3.16. The molecule has 0 aliphatic carbocycles. The monoisotopic (exact) mass is 301 g/mol. The number of amides is 2. The van der Waals surface area contributed by atoms with E-state index in [4.69, 9.17) is 21.6 Å². The first-order valence-electron chi connectivity index (χ1n) is 6.85. The van der Waals surface area contributed by atoms with Gasteiger partial charge in [0.05, 0.1) is 5.71 Å². The lowest BCUT2D eigenvalue weighted by Crippen LogP contribution is -2.38. The van der Waals surface area contributed by atoms with E-state index in [0.717, 1.165) is 11.1 Å². The van der Waals surface area contributed by atoms with Gasteiger partial charge in [0.1, 0.15) is 23.7 Å². The molecule has 1 aromatic rings. The Labute approximate surface area is 129 Å². The second-order valence-electron chi connectivity index (χ2n) is 5.68. The number of ether oxygens (including phenoxy) is 2. The van der Waals surface area contributed by atoms with Gasteiger partial charge < -0.3 is 15.2 Å². The number of carbonyl (C=O) groups is 1. The van der Waals surface area contributed by atoms with E-state index >= 15 is 0 Å². The molecule has 116 valence electrons. The zero-order valence-electron chi connectivity index (χ0n) is 12.9. The summed E-state index contributed by atoms with van der Waals surface area (Å²) in [4.78, 5) is 10.9. The number of hydrogen-bond donors (Lipinski definition) is 2. The van der Waals surface area contributed by atoms with Crippen LogP contribution in [0.1, 0.15) is 31.4 Å². The van der Waals surface area contributed by atoms with E-state index in [1.165, 1.54) is 0 Å². The molecule has 0 fully saturated rings. The van der Waals surface area contributed by atoms with Gasteiger partial charge in [0.2, 0.25) is 0 Å². The molecule has 6 heteroatoms. The van der Waals surface area contributed by atoms with Crippen molar-refractivity contribution in [3.8, 4) is 23.8 Å². The number of aryl methyl sites for hydroxylation is 1. The van der Waals surface area contributed by atoms with Gasteiger partial charge in [-0.3, -0.25) is 0 Å². The van der Waals surface area contributed by atoms with Crippen molar-refractivity contribution in [1.82, 2.24) is 5.43 Å².